The number of hydrogen-bond acceptors (Lipinski definition) is 4. The third kappa shape index (κ3) is 8.13. The second-order valence-electron chi connectivity index (χ2n) is 3.00. The molecule has 0 aromatic rings. The minimum Gasteiger partial charge on any atom is -0.370 e. The summed E-state index contributed by atoms with van der Waals surface area (Å²) < 4.78 is 10.4. The second kappa shape index (κ2) is 6.39. The van der Waals surface area contributed by atoms with Crippen molar-refractivity contribution in [2.75, 3.05) is 6.54 Å². The Hall–Kier alpha value is -1.21. The van der Waals surface area contributed by atoms with Gasteiger partial charge in [-0.2, -0.15) is 0 Å². The number of amides is 2. The molecule has 0 aliphatic carbocycles. The fraction of sp³-hybridized carbons (Fsp3) is 0.429. The first-order valence-corrected chi connectivity index (χ1v) is 5.95. The largest absolute Gasteiger partial charge is 0.370 e. The average Bonchev–Trinajstić information content (AvgIpc) is 2.09. The van der Waals surface area contributed by atoms with Crippen molar-refractivity contribution in [3.8, 4) is 0 Å². The molecule has 0 heterocycles. The molecule has 0 aromatic heterocycles. The van der Waals surface area contributed by atoms with E-state index in [1.807, 2.05) is 0 Å². The lowest BCUT2D eigenvalue weighted by atomic mass is 10.2. The molecule has 0 bridgehead atoms. The molecule has 2 amide bonds. The summed E-state index contributed by atoms with van der Waals surface area (Å²) in [5.41, 5.74) is 10.1. The second-order valence-corrected chi connectivity index (χ2v) is 4.47. The Kier molecular flexibility index (Phi) is 5.91. The number of hydrogen-bond donors (Lipinski definition) is 5. The molecule has 0 aliphatic rings. The highest BCUT2D eigenvalue weighted by Crippen LogP contribution is 2.35. The highest BCUT2D eigenvalue weighted by molar-refractivity contribution is 7.55. The highest BCUT2D eigenvalue weighted by Gasteiger charge is 2.14. The summed E-state index contributed by atoms with van der Waals surface area (Å²) >= 11 is 0. The van der Waals surface area contributed by atoms with Crippen molar-refractivity contribution in [2.45, 2.75) is 12.5 Å². The lowest BCUT2D eigenvalue weighted by Gasteiger charge is -2.08. The maximum Gasteiger partial charge on any atom is 0.348 e. The minimum absolute atomic E-state index is 0.0869. The van der Waals surface area contributed by atoms with Crippen LogP contribution in [0.5, 0.6) is 0 Å². The van der Waals surface area contributed by atoms with Crippen LogP contribution in [0.2, 0.25) is 0 Å². The molecule has 8 nitrogen and oxygen atoms in total. The van der Waals surface area contributed by atoms with Gasteiger partial charge in [0, 0.05) is 12.4 Å². The van der Waals surface area contributed by atoms with Crippen LogP contribution >= 0.6 is 7.60 Å². The third-order valence-electron chi connectivity index (χ3n) is 1.45. The molecule has 0 unspecified atom stereocenters. The Bertz CT molecular complexity index is 337. The van der Waals surface area contributed by atoms with E-state index in [0.717, 1.165) is 6.08 Å². The van der Waals surface area contributed by atoms with Gasteiger partial charge in [0.25, 0.3) is 0 Å². The Labute approximate surface area is 91.8 Å². The van der Waals surface area contributed by atoms with Crippen molar-refractivity contribution in [3.63, 3.8) is 0 Å². The number of nitrogens with two attached hydrogens (primary N) is 2. The van der Waals surface area contributed by atoms with E-state index in [9.17, 15) is 14.2 Å². The molecule has 0 fully saturated rings. The van der Waals surface area contributed by atoms with E-state index >= 15 is 0 Å². The van der Waals surface area contributed by atoms with Crippen LogP contribution in [-0.4, -0.2) is 34.2 Å². The zero-order chi connectivity index (χ0) is 12.8. The normalized spacial score (nSPS) is 13.7. The molecule has 0 saturated heterocycles. The first-order chi connectivity index (χ1) is 7.22. The fourth-order valence-corrected chi connectivity index (χ4v) is 1.17. The molecular weight excluding hydrogens is 237 g/mol. The molecule has 0 rings (SSSR count). The van der Waals surface area contributed by atoms with Gasteiger partial charge in [0.2, 0.25) is 11.8 Å². The third-order valence-corrected chi connectivity index (χ3v) is 2.05. The molecule has 0 radical (unpaired) electrons. The number of carbonyl (C=O) groups is 2. The summed E-state index contributed by atoms with van der Waals surface area (Å²) in [6.07, 6.45) is 0.809. The zero-order valence-corrected chi connectivity index (χ0v) is 9.26. The SMILES string of the molecule is NC(=O)C[C@H](N)C(=O)NCC=CP(=O)(O)O. The standard InChI is InChI=1S/C7H14N3O5P/c8-5(4-6(9)11)7(12)10-2-1-3-16(13,14)15/h1,3,5H,2,4,8H2,(H2,9,11)(H,10,12)(H2,13,14,15)/t5-/m0/s1. The van der Waals surface area contributed by atoms with Crippen LogP contribution in [0.4, 0.5) is 0 Å². The van der Waals surface area contributed by atoms with Crippen LogP contribution in [0, 0.1) is 0 Å². The lowest BCUT2D eigenvalue weighted by Crippen LogP contribution is -2.42. The van der Waals surface area contributed by atoms with E-state index in [0.29, 0.717) is 5.82 Å². The average molecular weight is 251 g/mol. The molecule has 1 atom stereocenters. The quantitative estimate of drug-likeness (QED) is 0.343. The Balaban J connectivity index is 3.95. The van der Waals surface area contributed by atoms with Crippen molar-refractivity contribution >= 4 is 19.4 Å². The van der Waals surface area contributed by atoms with E-state index in [4.69, 9.17) is 21.3 Å². The first kappa shape index (κ1) is 14.8. The lowest BCUT2D eigenvalue weighted by molar-refractivity contribution is -0.126. The van der Waals surface area contributed by atoms with Crippen LogP contribution in [0.1, 0.15) is 6.42 Å². The monoisotopic (exact) mass is 251 g/mol. The van der Waals surface area contributed by atoms with Crippen LogP contribution in [0.15, 0.2) is 11.9 Å². The number of nitrogens with one attached hydrogen (secondary N) is 1. The zero-order valence-electron chi connectivity index (χ0n) is 8.37. The summed E-state index contributed by atoms with van der Waals surface area (Å²) in [5.74, 6) is -0.657. The van der Waals surface area contributed by atoms with Crippen molar-refractivity contribution < 1.29 is 23.9 Å². The fourth-order valence-electron chi connectivity index (χ4n) is 0.790. The van der Waals surface area contributed by atoms with Gasteiger partial charge in [-0.3, -0.25) is 14.2 Å². The summed E-state index contributed by atoms with van der Waals surface area (Å²) in [5, 5.41) is 2.26. The van der Waals surface area contributed by atoms with Gasteiger partial charge in [-0.1, -0.05) is 6.08 Å². The topological polar surface area (TPSA) is 156 Å². The molecule has 92 valence electrons. The van der Waals surface area contributed by atoms with Gasteiger partial charge in [0.05, 0.1) is 12.5 Å². The van der Waals surface area contributed by atoms with Crippen LogP contribution < -0.4 is 16.8 Å². The van der Waals surface area contributed by atoms with Crippen LogP contribution in [-0.2, 0) is 14.2 Å². The predicted molar refractivity (Wildman–Crippen MR) is 56.0 cm³/mol. The van der Waals surface area contributed by atoms with E-state index in [2.05, 4.69) is 5.32 Å². The Morgan fingerprint density at radius 3 is 2.44 bits per heavy atom. The van der Waals surface area contributed by atoms with Crippen LogP contribution in [0.3, 0.4) is 0 Å². The summed E-state index contributed by atoms with van der Waals surface area (Å²) in [4.78, 5) is 38.4. The van der Waals surface area contributed by atoms with E-state index in [1.54, 1.807) is 0 Å². The van der Waals surface area contributed by atoms with Gasteiger partial charge >= 0.3 is 7.60 Å². The first-order valence-electron chi connectivity index (χ1n) is 4.27. The molecule has 0 aromatic carbocycles. The van der Waals surface area contributed by atoms with Gasteiger partial charge in [0.1, 0.15) is 0 Å². The molecule has 9 heteroatoms. The summed E-state index contributed by atoms with van der Waals surface area (Å²) in [6.45, 7) is -0.0869. The smallest absolute Gasteiger partial charge is 0.348 e. The summed E-state index contributed by atoms with van der Waals surface area (Å²) in [7, 11) is -4.21. The highest BCUT2D eigenvalue weighted by atomic mass is 31.2. The predicted octanol–water partition coefficient (Wildman–Crippen LogP) is -2.00. The summed E-state index contributed by atoms with van der Waals surface area (Å²) in [6, 6.07) is -1.05. The molecule has 0 aliphatic heterocycles. The van der Waals surface area contributed by atoms with Gasteiger partial charge in [-0.25, -0.2) is 0 Å². The molecule has 7 N–H and O–H groups in total. The maximum absolute atomic E-state index is 11.1. The van der Waals surface area contributed by atoms with Gasteiger partial charge in [-0.15, -0.1) is 0 Å². The van der Waals surface area contributed by atoms with E-state index in [1.165, 1.54) is 0 Å². The van der Waals surface area contributed by atoms with Gasteiger partial charge in [0.15, 0.2) is 0 Å². The molecule has 16 heavy (non-hydrogen) atoms. The van der Waals surface area contributed by atoms with Crippen molar-refractivity contribution in [3.05, 3.63) is 11.9 Å². The van der Waals surface area contributed by atoms with Crippen molar-refractivity contribution in [2.24, 2.45) is 11.5 Å². The maximum atomic E-state index is 11.1. The molecular formula is C7H14N3O5P. The number of rotatable bonds is 6. The van der Waals surface area contributed by atoms with Crippen molar-refractivity contribution in [1.29, 1.82) is 0 Å². The number of carbonyl (C=O) groups excluding carboxylic acids is 2. The molecule has 0 saturated carbocycles. The minimum atomic E-state index is -4.21. The van der Waals surface area contributed by atoms with Gasteiger partial charge in [-0.05, 0) is 0 Å². The number of primary amides is 1. The van der Waals surface area contributed by atoms with Crippen LogP contribution in [0.25, 0.3) is 0 Å². The Morgan fingerprint density at radius 1 is 1.44 bits per heavy atom. The van der Waals surface area contributed by atoms with E-state index < -0.39 is 25.5 Å². The van der Waals surface area contributed by atoms with E-state index in [-0.39, 0.29) is 13.0 Å². The Morgan fingerprint density at radius 2 is 2.00 bits per heavy atom. The van der Waals surface area contributed by atoms with Gasteiger partial charge < -0.3 is 26.6 Å². The molecule has 0 spiro atoms. The van der Waals surface area contributed by atoms with Crippen molar-refractivity contribution in [1.82, 2.24) is 5.32 Å².